The monoisotopic (exact) mass is 407 g/mol. The van der Waals surface area contributed by atoms with Crippen LogP contribution in [0.3, 0.4) is 0 Å². The molecule has 0 bridgehead atoms. The lowest BCUT2D eigenvalue weighted by Gasteiger charge is -2.06. The molecule has 0 spiro atoms. The summed E-state index contributed by atoms with van der Waals surface area (Å²) in [5, 5.41) is 0. The second-order valence-electron chi connectivity index (χ2n) is 5.31. The Morgan fingerprint density at radius 2 is 1.80 bits per heavy atom. The van der Waals surface area contributed by atoms with E-state index in [4.69, 9.17) is 9.47 Å². The lowest BCUT2D eigenvalue weighted by Crippen LogP contribution is -2.08. The van der Waals surface area contributed by atoms with E-state index < -0.39 is 11.9 Å². The van der Waals surface area contributed by atoms with Crippen molar-refractivity contribution in [2.75, 3.05) is 6.61 Å². The van der Waals surface area contributed by atoms with Crippen molar-refractivity contribution in [1.82, 2.24) is 4.98 Å². The van der Waals surface area contributed by atoms with Crippen molar-refractivity contribution in [3.05, 3.63) is 56.8 Å². The number of aromatic nitrogens is 1. The highest BCUT2D eigenvalue weighted by molar-refractivity contribution is 9.10. The van der Waals surface area contributed by atoms with E-state index in [0.717, 1.165) is 0 Å². The van der Waals surface area contributed by atoms with Crippen LogP contribution in [0.15, 0.2) is 28.7 Å². The van der Waals surface area contributed by atoms with Crippen molar-refractivity contribution < 1.29 is 23.9 Å². The maximum Gasteiger partial charge on any atom is 0.355 e. The lowest BCUT2D eigenvalue weighted by molar-refractivity contribution is 0.0465. The van der Waals surface area contributed by atoms with Gasteiger partial charge in [0, 0.05) is 10.0 Å². The third-order valence-electron chi connectivity index (χ3n) is 3.60. The van der Waals surface area contributed by atoms with E-state index in [2.05, 4.69) is 20.9 Å². The average Bonchev–Trinajstić information content (AvgIpc) is 2.90. The summed E-state index contributed by atoms with van der Waals surface area (Å²) in [6, 6.07) is 6.87. The number of hydrogen-bond donors (Lipinski definition) is 1. The van der Waals surface area contributed by atoms with Gasteiger partial charge in [-0.1, -0.05) is 12.1 Å². The third-order valence-corrected chi connectivity index (χ3v) is 4.29. The fraction of sp³-hybridized carbons (Fsp3) is 0.278. The molecule has 7 heteroatoms. The summed E-state index contributed by atoms with van der Waals surface area (Å²) in [5.74, 6) is -1.31. The highest BCUT2D eigenvalue weighted by atomic mass is 79.9. The van der Waals surface area contributed by atoms with Crippen LogP contribution in [0.4, 0.5) is 0 Å². The molecular weight excluding hydrogens is 390 g/mol. The van der Waals surface area contributed by atoms with E-state index in [0.29, 0.717) is 26.9 Å². The van der Waals surface area contributed by atoms with Crippen molar-refractivity contribution >= 4 is 33.7 Å². The summed E-state index contributed by atoms with van der Waals surface area (Å²) in [6.07, 6.45) is 0. The molecule has 2 aromatic rings. The predicted molar refractivity (Wildman–Crippen MR) is 94.8 cm³/mol. The summed E-state index contributed by atoms with van der Waals surface area (Å²) in [5.41, 5.74) is 1.76. The van der Waals surface area contributed by atoms with Gasteiger partial charge in [-0.25, -0.2) is 9.59 Å². The fourth-order valence-corrected chi connectivity index (χ4v) is 2.94. The van der Waals surface area contributed by atoms with Crippen LogP contribution in [0.2, 0.25) is 0 Å². The molecule has 1 aromatic heterocycles. The zero-order chi connectivity index (χ0) is 18.6. The van der Waals surface area contributed by atoms with Crippen LogP contribution in [0.5, 0.6) is 0 Å². The molecule has 0 unspecified atom stereocenters. The first-order chi connectivity index (χ1) is 11.9. The Morgan fingerprint density at radius 1 is 1.12 bits per heavy atom. The largest absolute Gasteiger partial charge is 0.461 e. The Hall–Kier alpha value is -2.41. The Kier molecular flexibility index (Phi) is 6.14. The van der Waals surface area contributed by atoms with E-state index in [1.807, 2.05) is 0 Å². The molecule has 0 aliphatic heterocycles. The Balaban J connectivity index is 2.25. The number of hydrogen-bond acceptors (Lipinski definition) is 5. The van der Waals surface area contributed by atoms with Crippen molar-refractivity contribution in [3.63, 3.8) is 0 Å². The minimum absolute atomic E-state index is 0.157. The molecular formula is C18H18BrNO5. The van der Waals surface area contributed by atoms with Crippen molar-refractivity contribution in [3.8, 4) is 0 Å². The molecule has 0 saturated heterocycles. The molecule has 0 saturated carbocycles. The van der Waals surface area contributed by atoms with E-state index in [1.165, 1.54) is 6.92 Å². The number of rotatable bonds is 6. The Labute approximate surface area is 153 Å². The number of benzene rings is 1. The second-order valence-corrected chi connectivity index (χ2v) is 6.17. The number of Topliss-reactive ketones (excluding diaryl/α,β-unsaturated/α-hetero) is 1. The van der Waals surface area contributed by atoms with Crippen LogP contribution in [0.1, 0.15) is 56.3 Å². The quantitative estimate of drug-likeness (QED) is 0.580. The lowest BCUT2D eigenvalue weighted by atomic mass is 10.1. The smallest absolute Gasteiger partial charge is 0.355 e. The molecule has 0 aliphatic carbocycles. The van der Waals surface area contributed by atoms with Gasteiger partial charge in [0.25, 0.3) is 0 Å². The van der Waals surface area contributed by atoms with Crippen LogP contribution in [-0.2, 0) is 16.1 Å². The van der Waals surface area contributed by atoms with Crippen LogP contribution >= 0.6 is 15.9 Å². The number of halogens is 1. The SMILES string of the molecule is CCOC(=O)c1[nH]c(COC(=O)c2ccccc2Br)c(C(C)=O)c1C. The molecule has 0 aliphatic rings. The number of ether oxygens (including phenoxy) is 2. The molecule has 0 fully saturated rings. The van der Waals surface area contributed by atoms with Gasteiger partial charge < -0.3 is 14.5 Å². The van der Waals surface area contributed by atoms with Crippen LogP contribution in [-0.4, -0.2) is 29.3 Å². The van der Waals surface area contributed by atoms with Gasteiger partial charge in [0.1, 0.15) is 12.3 Å². The maximum absolute atomic E-state index is 12.2. The van der Waals surface area contributed by atoms with Gasteiger partial charge in [0.2, 0.25) is 0 Å². The van der Waals surface area contributed by atoms with E-state index in [9.17, 15) is 14.4 Å². The first-order valence-corrected chi connectivity index (χ1v) is 8.47. The third kappa shape index (κ3) is 4.17. The first kappa shape index (κ1) is 18.9. The van der Waals surface area contributed by atoms with E-state index >= 15 is 0 Å². The number of nitrogens with one attached hydrogen (secondary N) is 1. The number of carbonyl (C=O) groups is 3. The standard InChI is InChI=1S/C18H18BrNO5/c1-4-24-18(23)16-10(2)15(11(3)21)14(20-16)9-25-17(22)12-7-5-6-8-13(12)19/h5-8,20H,4,9H2,1-3H3. The van der Waals surface area contributed by atoms with Gasteiger partial charge in [-0.2, -0.15) is 0 Å². The Bertz CT molecular complexity index is 825. The predicted octanol–water partition coefficient (Wildman–Crippen LogP) is 3.82. The molecule has 0 amide bonds. The Morgan fingerprint density at radius 3 is 2.40 bits per heavy atom. The summed E-state index contributed by atoms with van der Waals surface area (Å²) in [7, 11) is 0. The van der Waals surface area contributed by atoms with E-state index in [1.54, 1.807) is 38.1 Å². The van der Waals surface area contributed by atoms with Crippen LogP contribution < -0.4 is 0 Å². The average molecular weight is 408 g/mol. The molecule has 1 heterocycles. The maximum atomic E-state index is 12.2. The summed E-state index contributed by atoms with van der Waals surface area (Å²) in [4.78, 5) is 39.0. The molecule has 0 atom stereocenters. The van der Waals surface area contributed by atoms with Gasteiger partial charge in [0.15, 0.2) is 5.78 Å². The van der Waals surface area contributed by atoms with Gasteiger partial charge in [-0.3, -0.25) is 4.79 Å². The molecule has 1 aromatic carbocycles. The topological polar surface area (TPSA) is 85.5 Å². The highest BCUT2D eigenvalue weighted by Crippen LogP contribution is 2.22. The minimum Gasteiger partial charge on any atom is -0.461 e. The molecule has 132 valence electrons. The van der Waals surface area contributed by atoms with Crippen LogP contribution in [0, 0.1) is 6.92 Å². The van der Waals surface area contributed by atoms with E-state index in [-0.39, 0.29) is 24.7 Å². The number of aromatic amines is 1. The minimum atomic E-state index is -0.550. The summed E-state index contributed by atoms with van der Waals surface area (Å²) >= 11 is 3.29. The van der Waals surface area contributed by atoms with Gasteiger partial charge in [-0.05, 0) is 54.4 Å². The molecule has 2 rings (SSSR count). The number of esters is 2. The van der Waals surface area contributed by atoms with Gasteiger partial charge in [0.05, 0.1) is 17.9 Å². The fourth-order valence-electron chi connectivity index (χ4n) is 2.49. The first-order valence-electron chi connectivity index (χ1n) is 7.67. The zero-order valence-electron chi connectivity index (χ0n) is 14.1. The highest BCUT2D eigenvalue weighted by Gasteiger charge is 2.23. The van der Waals surface area contributed by atoms with Crippen molar-refractivity contribution in [1.29, 1.82) is 0 Å². The van der Waals surface area contributed by atoms with Crippen molar-refractivity contribution in [2.45, 2.75) is 27.4 Å². The van der Waals surface area contributed by atoms with Crippen LogP contribution in [0.25, 0.3) is 0 Å². The normalized spacial score (nSPS) is 10.4. The van der Waals surface area contributed by atoms with Gasteiger partial charge in [-0.15, -0.1) is 0 Å². The molecule has 0 radical (unpaired) electrons. The zero-order valence-corrected chi connectivity index (χ0v) is 15.7. The summed E-state index contributed by atoms with van der Waals surface area (Å²) in [6.45, 7) is 4.81. The number of carbonyl (C=O) groups excluding carboxylic acids is 3. The molecule has 1 N–H and O–H groups in total. The molecule has 6 nitrogen and oxygen atoms in total. The van der Waals surface area contributed by atoms with Crippen molar-refractivity contribution in [2.24, 2.45) is 0 Å². The second kappa shape index (κ2) is 8.11. The number of H-pyrrole nitrogens is 1. The summed E-state index contributed by atoms with van der Waals surface area (Å²) < 4.78 is 10.9. The number of ketones is 1. The molecule has 25 heavy (non-hydrogen) atoms. The van der Waals surface area contributed by atoms with Gasteiger partial charge >= 0.3 is 11.9 Å².